The molecule has 2 aromatic carbocycles. The first-order valence-corrected chi connectivity index (χ1v) is 8.23. The van der Waals surface area contributed by atoms with E-state index in [9.17, 15) is 0 Å². The van der Waals surface area contributed by atoms with Crippen molar-refractivity contribution in [2.24, 2.45) is 0 Å². The minimum Gasteiger partial charge on any atom is -0.490 e. The van der Waals surface area contributed by atoms with Gasteiger partial charge in [0.15, 0.2) is 0 Å². The maximum absolute atomic E-state index is 5.44. The Bertz CT molecular complexity index is 527. The first-order chi connectivity index (χ1) is 10.2. The van der Waals surface area contributed by atoms with Crippen molar-refractivity contribution in [1.82, 2.24) is 5.32 Å². The van der Waals surface area contributed by atoms with Gasteiger partial charge in [0.1, 0.15) is 12.1 Å². The first kappa shape index (κ1) is 16.0. The van der Waals surface area contributed by atoms with Gasteiger partial charge in [-0.1, -0.05) is 51.7 Å². The van der Waals surface area contributed by atoms with Gasteiger partial charge >= 0.3 is 0 Å². The molecule has 0 aliphatic carbocycles. The molecule has 0 heterocycles. The second-order valence-corrected chi connectivity index (χ2v) is 5.69. The molecule has 2 nitrogen and oxygen atoms in total. The van der Waals surface area contributed by atoms with Gasteiger partial charge in [0.05, 0.1) is 0 Å². The second-order valence-electron chi connectivity index (χ2n) is 5.36. The van der Waals surface area contributed by atoms with Crippen molar-refractivity contribution in [3.8, 4) is 5.75 Å². The van der Waals surface area contributed by atoms with Crippen LogP contribution >= 0.6 is 9.24 Å². The van der Waals surface area contributed by atoms with Crippen LogP contribution in [0.4, 0.5) is 0 Å². The van der Waals surface area contributed by atoms with Crippen LogP contribution in [0.25, 0.3) is 0 Å². The lowest BCUT2D eigenvalue weighted by Gasteiger charge is -2.20. The van der Waals surface area contributed by atoms with Crippen LogP contribution < -0.4 is 10.1 Å². The third-order valence-electron chi connectivity index (χ3n) is 3.55. The zero-order valence-corrected chi connectivity index (χ0v) is 13.9. The number of rotatable bonds is 7. The lowest BCUT2D eigenvalue weighted by atomic mass is 10.0. The Morgan fingerprint density at radius 3 is 2.29 bits per heavy atom. The van der Waals surface area contributed by atoms with Crippen molar-refractivity contribution >= 4 is 9.24 Å². The highest BCUT2D eigenvalue weighted by molar-refractivity contribution is 7.16. The summed E-state index contributed by atoms with van der Waals surface area (Å²) in [6.45, 7) is 4.44. The van der Waals surface area contributed by atoms with E-state index in [1.165, 1.54) is 11.1 Å². The molecular formula is C18H24NOP. The van der Waals surface area contributed by atoms with E-state index in [0.29, 0.717) is 18.4 Å². The molecule has 0 aliphatic rings. The second kappa shape index (κ2) is 8.17. The fraction of sp³-hybridized carbons (Fsp3) is 0.333. The van der Waals surface area contributed by atoms with Crippen molar-refractivity contribution in [2.75, 3.05) is 6.35 Å². The van der Waals surface area contributed by atoms with Gasteiger partial charge in [0, 0.05) is 12.1 Å². The summed E-state index contributed by atoms with van der Waals surface area (Å²) >= 11 is 0. The van der Waals surface area contributed by atoms with E-state index < -0.39 is 0 Å². The summed E-state index contributed by atoms with van der Waals surface area (Å²) in [6.07, 6.45) is 1.64. The Hall–Kier alpha value is -1.37. The topological polar surface area (TPSA) is 21.3 Å². The van der Waals surface area contributed by atoms with E-state index in [-0.39, 0.29) is 0 Å². The number of hydrogen-bond donors (Lipinski definition) is 1. The lowest BCUT2D eigenvalue weighted by Crippen LogP contribution is -2.30. The molecule has 0 radical (unpaired) electrons. The summed E-state index contributed by atoms with van der Waals surface area (Å²) < 4.78 is 5.44. The summed E-state index contributed by atoms with van der Waals surface area (Å²) in [5, 5.41) is 3.65. The quantitative estimate of drug-likeness (QED) is 0.775. The minimum atomic E-state index is 0.362. The van der Waals surface area contributed by atoms with Crippen molar-refractivity contribution in [3.05, 3.63) is 65.7 Å². The highest BCUT2D eigenvalue weighted by Crippen LogP contribution is 2.16. The van der Waals surface area contributed by atoms with Crippen molar-refractivity contribution in [2.45, 2.75) is 32.4 Å². The highest BCUT2D eigenvalue weighted by Gasteiger charge is 2.09. The summed E-state index contributed by atoms with van der Waals surface area (Å²) in [5.74, 6) is 0.923. The SMILES string of the molecule is C[C@H](Cc1ccc(OCP)cc1)N[C@H](C)c1ccccc1. The van der Waals surface area contributed by atoms with Crippen molar-refractivity contribution in [3.63, 3.8) is 0 Å². The zero-order chi connectivity index (χ0) is 15.1. The molecule has 2 aromatic rings. The van der Waals surface area contributed by atoms with Crippen LogP contribution in [0.2, 0.25) is 0 Å². The standard InChI is InChI=1S/C18H24NOP/c1-14(19-15(2)17-6-4-3-5-7-17)12-16-8-10-18(11-9-16)20-13-21/h3-11,14-15,19H,12-13,21H2,1-2H3/t14-,15-/m1/s1. The molecule has 2 rings (SSSR count). The molecule has 1 unspecified atom stereocenters. The molecule has 21 heavy (non-hydrogen) atoms. The number of benzene rings is 2. The van der Waals surface area contributed by atoms with Crippen LogP contribution in [0.3, 0.4) is 0 Å². The minimum absolute atomic E-state index is 0.362. The molecule has 0 bridgehead atoms. The van der Waals surface area contributed by atoms with Gasteiger partial charge in [-0.3, -0.25) is 0 Å². The van der Waals surface area contributed by atoms with E-state index in [4.69, 9.17) is 4.74 Å². The van der Waals surface area contributed by atoms with Gasteiger partial charge in [-0.25, -0.2) is 0 Å². The van der Waals surface area contributed by atoms with E-state index in [1.807, 2.05) is 12.1 Å². The number of nitrogens with one attached hydrogen (secondary N) is 1. The van der Waals surface area contributed by atoms with E-state index in [1.54, 1.807) is 0 Å². The van der Waals surface area contributed by atoms with Gasteiger partial charge in [-0.2, -0.15) is 0 Å². The third kappa shape index (κ3) is 5.15. The number of hydrogen-bond acceptors (Lipinski definition) is 2. The normalized spacial score (nSPS) is 13.7. The summed E-state index contributed by atoms with van der Waals surface area (Å²) in [6, 6.07) is 19.7. The van der Waals surface area contributed by atoms with Crippen LogP contribution in [-0.4, -0.2) is 12.4 Å². The molecule has 3 heteroatoms. The van der Waals surface area contributed by atoms with Gasteiger partial charge in [0.25, 0.3) is 0 Å². The Labute approximate surface area is 130 Å². The summed E-state index contributed by atoms with van der Waals surface area (Å²) in [7, 11) is 2.56. The van der Waals surface area contributed by atoms with E-state index in [2.05, 4.69) is 70.9 Å². The molecule has 112 valence electrons. The molecule has 1 N–H and O–H groups in total. The van der Waals surface area contributed by atoms with Crippen molar-refractivity contribution < 1.29 is 4.74 Å². The maximum atomic E-state index is 5.44. The zero-order valence-electron chi connectivity index (χ0n) is 12.8. The van der Waals surface area contributed by atoms with Crippen LogP contribution in [0.15, 0.2) is 54.6 Å². The Morgan fingerprint density at radius 2 is 1.67 bits per heavy atom. The first-order valence-electron chi connectivity index (χ1n) is 7.42. The van der Waals surface area contributed by atoms with E-state index >= 15 is 0 Å². The largest absolute Gasteiger partial charge is 0.490 e. The Kier molecular flexibility index (Phi) is 6.22. The van der Waals surface area contributed by atoms with Crippen LogP contribution in [0.1, 0.15) is 31.0 Å². The third-order valence-corrected chi connectivity index (χ3v) is 3.72. The van der Waals surface area contributed by atoms with Crippen LogP contribution in [0.5, 0.6) is 5.75 Å². The molecule has 0 saturated heterocycles. The van der Waals surface area contributed by atoms with Gasteiger partial charge < -0.3 is 10.1 Å². The van der Waals surface area contributed by atoms with Gasteiger partial charge in [-0.05, 0) is 43.5 Å². The molecule has 0 aromatic heterocycles. The lowest BCUT2D eigenvalue weighted by molar-refractivity contribution is 0.392. The van der Waals surface area contributed by atoms with Gasteiger partial charge in [-0.15, -0.1) is 0 Å². The molecular weight excluding hydrogens is 277 g/mol. The molecule has 0 fully saturated rings. The molecule has 0 aliphatic heterocycles. The monoisotopic (exact) mass is 301 g/mol. The number of ether oxygens (including phenoxy) is 1. The Morgan fingerprint density at radius 1 is 1.00 bits per heavy atom. The predicted octanol–water partition coefficient (Wildman–Crippen LogP) is 4.18. The summed E-state index contributed by atoms with van der Waals surface area (Å²) in [5.41, 5.74) is 2.65. The smallest absolute Gasteiger partial charge is 0.119 e. The molecule has 3 atom stereocenters. The molecule has 0 amide bonds. The predicted molar refractivity (Wildman–Crippen MR) is 92.8 cm³/mol. The highest BCUT2D eigenvalue weighted by atomic mass is 31.0. The van der Waals surface area contributed by atoms with Gasteiger partial charge in [0.2, 0.25) is 0 Å². The average Bonchev–Trinajstić information content (AvgIpc) is 2.50. The fourth-order valence-corrected chi connectivity index (χ4v) is 2.69. The average molecular weight is 301 g/mol. The maximum Gasteiger partial charge on any atom is 0.119 e. The van der Waals surface area contributed by atoms with Crippen LogP contribution in [-0.2, 0) is 6.42 Å². The van der Waals surface area contributed by atoms with Crippen LogP contribution in [0, 0.1) is 0 Å². The van der Waals surface area contributed by atoms with Crippen molar-refractivity contribution in [1.29, 1.82) is 0 Å². The molecule has 0 spiro atoms. The fourth-order valence-electron chi connectivity index (χ4n) is 2.50. The Balaban J connectivity index is 1.87. The van der Waals surface area contributed by atoms with E-state index in [0.717, 1.165) is 12.2 Å². The summed E-state index contributed by atoms with van der Waals surface area (Å²) in [4.78, 5) is 0. The molecule has 0 saturated carbocycles.